The van der Waals surface area contributed by atoms with Crippen LogP contribution in [0, 0.1) is 0 Å². The van der Waals surface area contributed by atoms with Crippen molar-refractivity contribution in [1.29, 1.82) is 0 Å². The number of carbonyl (C=O) groups is 1. The Kier molecular flexibility index (Phi) is 8.27. The summed E-state index contributed by atoms with van der Waals surface area (Å²) in [6.07, 6.45) is -6.02. The number of aromatic amines is 1. The van der Waals surface area contributed by atoms with Crippen LogP contribution in [0.25, 0.3) is 0 Å². The second kappa shape index (κ2) is 11.6. The molecule has 0 saturated carbocycles. The third kappa shape index (κ3) is 6.01. The highest BCUT2D eigenvalue weighted by molar-refractivity contribution is 5.66. The Morgan fingerprint density at radius 3 is 2.30 bits per heavy atom. The minimum atomic E-state index is -3.11. The Labute approximate surface area is 211 Å². The maximum Gasteiger partial charge on any atom is 0.346 e. The van der Waals surface area contributed by atoms with Crippen LogP contribution in [-0.4, -0.2) is 46.8 Å². The number of rotatable bonds is 10. The van der Waals surface area contributed by atoms with Gasteiger partial charge in [0.2, 0.25) is 0 Å². The van der Waals surface area contributed by atoms with Crippen LogP contribution in [0.4, 0.5) is 14.6 Å². The molecule has 4 atom stereocenters. The van der Waals surface area contributed by atoms with Crippen LogP contribution in [0.2, 0.25) is 0 Å². The van der Waals surface area contributed by atoms with Crippen molar-refractivity contribution in [3.8, 4) is 0 Å². The Morgan fingerprint density at radius 2 is 1.73 bits per heavy atom. The first kappa shape index (κ1) is 26.4. The maximum atomic E-state index is 14.9. The summed E-state index contributed by atoms with van der Waals surface area (Å²) in [5.74, 6) is -0.985. The number of halogens is 2. The highest BCUT2D eigenvalue weighted by atomic mass is 19.3. The van der Waals surface area contributed by atoms with Gasteiger partial charge in [0.15, 0.2) is 11.7 Å². The van der Waals surface area contributed by atoms with Gasteiger partial charge in [0.1, 0.15) is 18.0 Å². The number of esters is 1. The summed E-state index contributed by atoms with van der Waals surface area (Å²) in [6, 6.07) is 18.0. The van der Waals surface area contributed by atoms with Gasteiger partial charge in [-0.1, -0.05) is 60.7 Å². The van der Waals surface area contributed by atoms with E-state index in [0.717, 1.165) is 12.5 Å². The fourth-order valence-electron chi connectivity index (χ4n) is 4.26. The molecule has 37 heavy (non-hydrogen) atoms. The molecule has 1 aliphatic heterocycles. The second-order valence-electron chi connectivity index (χ2n) is 8.61. The number of carbonyl (C=O) groups excluding carboxylic acids is 1. The van der Waals surface area contributed by atoms with Gasteiger partial charge in [-0.3, -0.25) is 4.79 Å². The number of hydrogen-bond donors (Lipinski definition) is 2. The van der Waals surface area contributed by atoms with E-state index in [0.29, 0.717) is 5.56 Å². The number of aromatic nitrogens is 2. The standard InChI is InChI=1S/C26H27F2N3O6/c1-16(32)36-21-20(19-12-30-25(33)31-23(19)29)37-26(24(27)28,15-34-13-17-8-4-2-5-9-17)22(21)35-14-18-10-6-3-7-11-18/h2-12,20-22,24H,13-15H2,1H3,(H3,29,30,31,33)/t20-,21+,22+,26-/m1/s1. The summed E-state index contributed by atoms with van der Waals surface area (Å²) in [7, 11) is 0. The first-order valence-electron chi connectivity index (χ1n) is 11.6. The van der Waals surface area contributed by atoms with Crippen molar-refractivity contribution in [2.24, 2.45) is 0 Å². The molecule has 3 N–H and O–H groups in total. The number of hydrogen-bond acceptors (Lipinski definition) is 8. The molecule has 1 aliphatic rings. The lowest BCUT2D eigenvalue weighted by Gasteiger charge is -2.34. The van der Waals surface area contributed by atoms with Crippen LogP contribution in [0.3, 0.4) is 0 Å². The van der Waals surface area contributed by atoms with Crippen LogP contribution in [0.5, 0.6) is 0 Å². The molecule has 1 saturated heterocycles. The number of nitrogens with zero attached hydrogens (tertiary/aromatic N) is 1. The largest absolute Gasteiger partial charge is 0.456 e. The van der Waals surface area contributed by atoms with E-state index in [1.165, 1.54) is 6.20 Å². The van der Waals surface area contributed by atoms with Gasteiger partial charge in [-0.15, -0.1) is 0 Å². The molecule has 9 nitrogen and oxygen atoms in total. The van der Waals surface area contributed by atoms with Gasteiger partial charge in [-0.05, 0) is 11.1 Å². The first-order valence-corrected chi connectivity index (χ1v) is 11.6. The highest BCUT2D eigenvalue weighted by Crippen LogP contribution is 2.47. The topological polar surface area (TPSA) is 126 Å². The minimum absolute atomic E-state index is 0.0370. The zero-order valence-electron chi connectivity index (χ0n) is 20.0. The van der Waals surface area contributed by atoms with Crippen LogP contribution in [0.1, 0.15) is 29.7 Å². The zero-order valence-corrected chi connectivity index (χ0v) is 20.0. The smallest absolute Gasteiger partial charge is 0.346 e. The lowest BCUT2D eigenvalue weighted by atomic mass is 9.93. The van der Waals surface area contributed by atoms with Crippen LogP contribution in [-0.2, 0) is 37.0 Å². The van der Waals surface area contributed by atoms with Crippen molar-refractivity contribution in [3.63, 3.8) is 0 Å². The molecule has 0 bridgehead atoms. The van der Waals surface area contributed by atoms with Crippen molar-refractivity contribution in [2.75, 3.05) is 12.3 Å². The van der Waals surface area contributed by atoms with Crippen LogP contribution < -0.4 is 11.4 Å². The lowest BCUT2D eigenvalue weighted by Crippen LogP contribution is -2.54. The third-order valence-electron chi connectivity index (χ3n) is 5.98. The van der Waals surface area contributed by atoms with Crippen molar-refractivity contribution in [1.82, 2.24) is 9.97 Å². The monoisotopic (exact) mass is 515 g/mol. The summed E-state index contributed by atoms with van der Waals surface area (Å²) in [5, 5.41) is 0. The molecule has 1 aromatic heterocycles. The molecule has 0 unspecified atom stereocenters. The molecule has 196 valence electrons. The summed E-state index contributed by atoms with van der Waals surface area (Å²) in [6.45, 7) is 0.541. The molecule has 0 aliphatic carbocycles. The van der Waals surface area contributed by atoms with E-state index >= 15 is 0 Å². The number of alkyl halides is 2. The summed E-state index contributed by atoms with van der Waals surface area (Å²) in [4.78, 5) is 29.7. The van der Waals surface area contributed by atoms with Gasteiger partial charge in [-0.25, -0.2) is 13.6 Å². The van der Waals surface area contributed by atoms with E-state index in [2.05, 4.69) is 9.97 Å². The fraction of sp³-hybridized carbons (Fsp3) is 0.346. The fourth-order valence-corrected chi connectivity index (χ4v) is 4.26. The average Bonchev–Trinajstić information content (AvgIpc) is 3.17. The predicted octanol–water partition coefficient (Wildman–Crippen LogP) is 3.16. The highest BCUT2D eigenvalue weighted by Gasteiger charge is 2.63. The van der Waals surface area contributed by atoms with Crippen LogP contribution in [0.15, 0.2) is 71.7 Å². The van der Waals surface area contributed by atoms with E-state index in [4.69, 9.17) is 24.7 Å². The van der Waals surface area contributed by atoms with E-state index in [1.807, 2.05) is 12.1 Å². The number of benzene rings is 2. The number of anilines is 1. The number of H-pyrrole nitrogens is 1. The Balaban J connectivity index is 1.71. The summed E-state index contributed by atoms with van der Waals surface area (Å²) in [5.41, 5.74) is 4.43. The Morgan fingerprint density at radius 1 is 1.11 bits per heavy atom. The normalized spacial score (nSPS) is 23.3. The lowest BCUT2D eigenvalue weighted by molar-refractivity contribution is -0.209. The van der Waals surface area contributed by atoms with Crippen molar-refractivity contribution in [2.45, 2.75) is 50.5 Å². The quantitative estimate of drug-likeness (QED) is 0.395. The van der Waals surface area contributed by atoms with E-state index in [9.17, 15) is 18.4 Å². The van der Waals surface area contributed by atoms with Gasteiger partial charge in [0.25, 0.3) is 6.43 Å². The third-order valence-corrected chi connectivity index (χ3v) is 5.98. The molecule has 0 radical (unpaired) electrons. The number of ether oxygens (including phenoxy) is 4. The van der Waals surface area contributed by atoms with Crippen molar-refractivity contribution in [3.05, 3.63) is 94.0 Å². The average molecular weight is 516 g/mol. The minimum Gasteiger partial charge on any atom is -0.456 e. The van der Waals surface area contributed by atoms with Gasteiger partial charge in [0.05, 0.1) is 19.8 Å². The van der Waals surface area contributed by atoms with Gasteiger partial charge < -0.3 is 29.7 Å². The Bertz CT molecular complexity index is 1240. The van der Waals surface area contributed by atoms with E-state index < -0.39 is 48.6 Å². The maximum absolute atomic E-state index is 14.9. The predicted molar refractivity (Wildman–Crippen MR) is 129 cm³/mol. The second-order valence-corrected chi connectivity index (χ2v) is 8.61. The van der Waals surface area contributed by atoms with Crippen LogP contribution >= 0.6 is 0 Å². The number of nitrogens with one attached hydrogen (secondary N) is 1. The molecular weight excluding hydrogens is 488 g/mol. The van der Waals surface area contributed by atoms with Crippen molar-refractivity contribution >= 4 is 11.8 Å². The number of nitrogens with two attached hydrogens (primary N) is 1. The molecule has 2 heterocycles. The molecule has 1 fully saturated rings. The van der Waals surface area contributed by atoms with Crippen molar-refractivity contribution < 1.29 is 32.5 Å². The van der Waals surface area contributed by atoms with Gasteiger partial charge >= 0.3 is 11.7 Å². The molecule has 4 rings (SSSR count). The van der Waals surface area contributed by atoms with Gasteiger partial charge in [-0.2, -0.15) is 4.98 Å². The molecule has 2 aromatic carbocycles. The summed E-state index contributed by atoms with van der Waals surface area (Å²) < 4.78 is 53.0. The zero-order chi connectivity index (χ0) is 26.4. The Hall–Kier alpha value is -3.67. The molecule has 0 amide bonds. The van der Waals surface area contributed by atoms with E-state index in [1.54, 1.807) is 48.5 Å². The summed E-state index contributed by atoms with van der Waals surface area (Å²) >= 11 is 0. The van der Waals surface area contributed by atoms with E-state index in [-0.39, 0.29) is 24.6 Å². The molecular formula is C26H27F2N3O6. The molecule has 3 aromatic rings. The SMILES string of the molecule is CC(=O)O[C@H]1[C@@H](c2c[nH]c(=O)nc2N)O[C@@](COCc2ccccc2)(C(F)F)[C@H]1OCc1ccccc1. The molecule has 11 heteroatoms. The first-order chi connectivity index (χ1) is 17.8. The van der Waals surface area contributed by atoms with Gasteiger partial charge in [0, 0.05) is 18.7 Å². The number of nitrogen functional groups attached to an aromatic ring is 1. The molecule has 0 spiro atoms.